The van der Waals surface area contributed by atoms with Crippen molar-refractivity contribution in [2.24, 2.45) is 0 Å². The van der Waals surface area contributed by atoms with Gasteiger partial charge < -0.3 is 0 Å². The highest BCUT2D eigenvalue weighted by Gasteiger charge is 2.43. The highest BCUT2D eigenvalue weighted by molar-refractivity contribution is 9.10. The van der Waals surface area contributed by atoms with E-state index in [0.29, 0.717) is 10.8 Å². The van der Waals surface area contributed by atoms with Gasteiger partial charge in [-0.2, -0.15) is 0 Å². The van der Waals surface area contributed by atoms with Crippen molar-refractivity contribution in [3.05, 3.63) is 135 Å². The average molecular weight is 502 g/mol. The number of rotatable bonds is 5. The maximum absolute atomic E-state index is 6.86. The number of hydrogen-bond donors (Lipinski definition) is 0. The van der Waals surface area contributed by atoms with E-state index in [1.165, 1.54) is 0 Å². The van der Waals surface area contributed by atoms with Crippen LogP contribution in [0.5, 0.6) is 0 Å². The number of tetrazole rings is 1. The van der Waals surface area contributed by atoms with Crippen molar-refractivity contribution in [2.75, 3.05) is 0 Å². The third kappa shape index (κ3) is 3.44. The van der Waals surface area contributed by atoms with Crippen molar-refractivity contribution in [2.45, 2.75) is 5.54 Å². The monoisotopic (exact) mass is 500 g/mol. The molecule has 6 heteroatoms. The van der Waals surface area contributed by atoms with E-state index in [1.54, 1.807) is 0 Å². The van der Waals surface area contributed by atoms with Crippen molar-refractivity contribution >= 4 is 27.5 Å². The number of aromatic nitrogens is 4. The number of benzene rings is 4. The van der Waals surface area contributed by atoms with E-state index >= 15 is 0 Å². The number of halogens is 2. The van der Waals surface area contributed by atoms with Gasteiger partial charge in [0.1, 0.15) is 5.54 Å². The first-order valence-electron chi connectivity index (χ1n) is 10.1. The summed E-state index contributed by atoms with van der Waals surface area (Å²) >= 11 is 10.4. The van der Waals surface area contributed by atoms with Gasteiger partial charge in [-0.1, -0.05) is 119 Å². The van der Waals surface area contributed by atoms with Gasteiger partial charge in [-0.3, -0.25) is 0 Å². The predicted octanol–water partition coefficient (Wildman–Crippen LogP) is 6.60. The van der Waals surface area contributed by atoms with Crippen molar-refractivity contribution in [1.29, 1.82) is 0 Å². The summed E-state index contributed by atoms with van der Waals surface area (Å²) in [6, 6.07) is 36.3. The van der Waals surface area contributed by atoms with Crippen LogP contribution < -0.4 is 0 Å². The summed E-state index contributed by atoms with van der Waals surface area (Å²) in [6.45, 7) is 0. The third-order valence-electron chi connectivity index (χ3n) is 5.52. The van der Waals surface area contributed by atoms with Crippen molar-refractivity contribution in [3.8, 4) is 11.4 Å². The summed E-state index contributed by atoms with van der Waals surface area (Å²) in [6.07, 6.45) is 0. The Morgan fingerprint density at radius 1 is 0.719 bits per heavy atom. The Hall–Kier alpha value is -3.28. The molecule has 5 aromatic rings. The highest BCUT2D eigenvalue weighted by Crippen LogP contribution is 2.44. The standard InChI is InChI=1S/C26H18BrClN4/c27-22-15-9-10-19(18-22)25-29-30-31-32(25)26(20-11-3-1-4-12-20,21-13-5-2-6-14-21)23-16-7-8-17-24(23)28/h1-18H. The van der Waals surface area contributed by atoms with Crippen LogP contribution in [0.4, 0.5) is 0 Å². The lowest BCUT2D eigenvalue weighted by molar-refractivity contribution is 0.451. The first-order chi connectivity index (χ1) is 15.7. The van der Waals surface area contributed by atoms with E-state index in [4.69, 9.17) is 11.6 Å². The van der Waals surface area contributed by atoms with Crippen LogP contribution in [-0.2, 0) is 5.54 Å². The summed E-state index contributed by atoms with van der Waals surface area (Å²) in [4.78, 5) is 0. The van der Waals surface area contributed by atoms with Crippen LogP contribution in [0.2, 0.25) is 5.02 Å². The van der Waals surface area contributed by atoms with Gasteiger partial charge in [0.05, 0.1) is 0 Å². The van der Waals surface area contributed by atoms with Gasteiger partial charge in [0.25, 0.3) is 0 Å². The summed E-state index contributed by atoms with van der Waals surface area (Å²) in [5, 5.41) is 13.7. The molecule has 0 spiro atoms. The van der Waals surface area contributed by atoms with E-state index in [9.17, 15) is 0 Å². The predicted molar refractivity (Wildman–Crippen MR) is 131 cm³/mol. The largest absolute Gasteiger partial charge is 0.205 e. The maximum Gasteiger partial charge on any atom is 0.183 e. The minimum Gasteiger partial charge on any atom is -0.205 e. The fraction of sp³-hybridized carbons (Fsp3) is 0.0385. The molecule has 0 fully saturated rings. The van der Waals surface area contributed by atoms with Gasteiger partial charge in [-0.25, -0.2) is 4.68 Å². The van der Waals surface area contributed by atoms with Gasteiger partial charge in [0.15, 0.2) is 5.82 Å². The molecule has 1 heterocycles. The molecule has 0 N–H and O–H groups in total. The Labute approximate surface area is 199 Å². The second kappa shape index (κ2) is 8.69. The van der Waals surface area contributed by atoms with Gasteiger partial charge in [0, 0.05) is 20.6 Å². The Bertz CT molecular complexity index is 1310. The van der Waals surface area contributed by atoms with E-state index in [1.807, 2.05) is 89.6 Å². The molecular weight excluding hydrogens is 484 g/mol. The minimum atomic E-state index is -0.887. The first-order valence-corrected chi connectivity index (χ1v) is 11.3. The molecule has 156 valence electrons. The molecule has 0 atom stereocenters. The minimum absolute atomic E-state index is 0.635. The number of nitrogens with zero attached hydrogens (tertiary/aromatic N) is 4. The molecular formula is C26H18BrClN4. The summed E-state index contributed by atoms with van der Waals surface area (Å²) < 4.78 is 2.83. The molecule has 0 radical (unpaired) electrons. The molecule has 4 nitrogen and oxygen atoms in total. The highest BCUT2D eigenvalue weighted by atomic mass is 79.9. The Kier molecular flexibility index (Phi) is 5.60. The smallest absolute Gasteiger partial charge is 0.183 e. The maximum atomic E-state index is 6.86. The van der Waals surface area contributed by atoms with Crippen molar-refractivity contribution in [1.82, 2.24) is 20.2 Å². The Balaban J connectivity index is 1.93. The van der Waals surface area contributed by atoms with Crippen molar-refractivity contribution in [3.63, 3.8) is 0 Å². The van der Waals surface area contributed by atoms with Crippen LogP contribution in [0.1, 0.15) is 16.7 Å². The zero-order valence-corrected chi connectivity index (χ0v) is 19.3. The van der Waals surface area contributed by atoms with E-state index in [2.05, 4.69) is 55.7 Å². The van der Waals surface area contributed by atoms with Gasteiger partial charge in [0.2, 0.25) is 0 Å². The van der Waals surface area contributed by atoms with Crippen LogP contribution in [-0.4, -0.2) is 20.2 Å². The third-order valence-corrected chi connectivity index (χ3v) is 6.34. The molecule has 32 heavy (non-hydrogen) atoms. The van der Waals surface area contributed by atoms with Crippen LogP contribution in [0.3, 0.4) is 0 Å². The van der Waals surface area contributed by atoms with Crippen LogP contribution in [0.25, 0.3) is 11.4 Å². The molecule has 0 aliphatic carbocycles. The molecule has 0 saturated heterocycles. The molecule has 0 saturated carbocycles. The lowest BCUT2D eigenvalue weighted by Crippen LogP contribution is -2.39. The number of hydrogen-bond acceptors (Lipinski definition) is 3. The Morgan fingerprint density at radius 2 is 1.34 bits per heavy atom. The molecule has 0 amide bonds. The topological polar surface area (TPSA) is 43.6 Å². The SMILES string of the molecule is Clc1ccccc1C(c1ccccc1)(c1ccccc1)n1nnnc1-c1cccc(Br)c1. The lowest BCUT2D eigenvalue weighted by atomic mass is 9.77. The fourth-order valence-corrected chi connectivity index (χ4v) is 4.84. The van der Waals surface area contributed by atoms with E-state index in [0.717, 1.165) is 26.7 Å². The lowest BCUT2D eigenvalue weighted by Gasteiger charge is -2.36. The van der Waals surface area contributed by atoms with Crippen LogP contribution in [0.15, 0.2) is 114 Å². The molecule has 5 rings (SSSR count). The zero-order valence-electron chi connectivity index (χ0n) is 16.9. The van der Waals surface area contributed by atoms with E-state index in [-0.39, 0.29) is 0 Å². The van der Waals surface area contributed by atoms with Gasteiger partial charge >= 0.3 is 0 Å². The molecule has 0 aliphatic rings. The molecule has 0 aliphatic heterocycles. The van der Waals surface area contributed by atoms with Gasteiger partial charge in [-0.05, 0) is 39.8 Å². The second-order valence-corrected chi connectivity index (χ2v) is 8.67. The molecule has 0 bridgehead atoms. The van der Waals surface area contributed by atoms with Gasteiger partial charge in [-0.15, -0.1) is 5.10 Å². The molecule has 0 unspecified atom stereocenters. The summed E-state index contributed by atoms with van der Waals surface area (Å²) in [5.74, 6) is 0.638. The molecule has 4 aromatic carbocycles. The average Bonchev–Trinajstić information content (AvgIpc) is 3.32. The van der Waals surface area contributed by atoms with Crippen molar-refractivity contribution < 1.29 is 0 Å². The quantitative estimate of drug-likeness (QED) is 0.255. The van der Waals surface area contributed by atoms with Crippen LogP contribution in [0, 0.1) is 0 Å². The van der Waals surface area contributed by atoms with E-state index < -0.39 is 5.54 Å². The second-order valence-electron chi connectivity index (χ2n) is 7.35. The Morgan fingerprint density at radius 3 is 1.97 bits per heavy atom. The fourth-order valence-electron chi connectivity index (χ4n) is 4.17. The molecule has 1 aromatic heterocycles. The normalized spacial score (nSPS) is 11.4. The first kappa shape index (κ1) is 20.6. The van der Waals surface area contributed by atoms with Crippen LogP contribution >= 0.6 is 27.5 Å². The summed E-state index contributed by atoms with van der Waals surface area (Å²) in [7, 11) is 0. The summed E-state index contributed by atoms with van der Waals surface area (Å²) in [5.41, 5.74) is 2.91. The zero-order chi connectivity index (χ0) is 22.0.